The lowest BCUT2D eigenvalue weighted by Crippen LogP contribution is -2.24. The van der Waals surface area contributed by atoms with Gasteiger partial charge in [-0.1, -0.05) is 0 Å². The predicted molar refractivity (Wildman–Crippen MR) is 123 cm³/mol. The molecule has 1 fully saturated rings. The van der Waals surface area contributed by atoms with Crippen LogP contribution in [0.25, 0.3) is 11.3 Å². The van der Waals surface area contributed by atoms with Crippen molar-refractivity contribution in [2.45, 2.75) is 38.8 Å². The lowest BCUT2D eigenvalue weighted by atomic mass is 9.82. The number of aryl methyl sites for hydroxylation is 1. The standard InChI is InChI=1S/C25H25F3N4O3/c1-15-10-20(31-22(11-15)32-21-12-19(8-9-29-21)25(26,27)28)18-6-7-23(30-13-18)35-14-16-2-4-17(5-3-16)24(33)34/h6-13,16-17H,2-5,14H2,1H3,(H,33,34)(H,29,31,32). The number of rotatable bonds is 7. The molecule has 35 heavy (non-hydrogen) atoms. The number of anilines is 2. The summed E-state index contributed by atoms with van der Waals surface area (Å²) in [7, 11) is 0. The molecule has 7 nitrogen and oxygen atoms in total. The van der Waals surface area contributed by atoms with Gasteiger partial charge in [0.05, 0.1) is 23.8 Å². The minimum Gasteiger partial charge on any atom is -0.481 e. The first-order valence-electron chi connectivity index (χ1n) is 11.3. The third-order valence-electron chi connectivity index (χ3n) is 6.01. The van der Waals surface area contributed by atoms with Gasteiger partial charge in [0.1, 0.15) is 11.6 Å². The maximum absolute atomic E-state index is 13.0. The molecular formula is C25H25F3N4O3. The Balaban J connectivity index is 1.40. The number of nitrogens with one attached hydrogen (secondary N) is 1. The van der Waals surface area contributed by atoms with E-state index >= 15 is 0 Å². The number of pyridine rings is 3. The minimum absolute atomic E-state index is 0.0446. The van der Waals surface area contributed by atoms with E-state index in [1.165, 1.54) is 0 Å². The van der Waals surface area contributed by atoms with E-state index in [1.807, 2.05) is 19.1 Å². The van der Waals surface area contributed by atoms with Gasteiger partial charge in [0.2, 0.25) is 5.88 Å². The summed E-state index contributed by atoms with van der Waals surface area (Å²) in [6.45, 7) is 2.35. The Labute approximate surface area is 200 Å². The van der Waals surface area contributed by atoms with Crippen LogP contribution in [0.15, 0.2) is 48.8 Å². The molecule has 3 aromatic rings. The van der Waals surface area contributed by atoms with Gasteiger partial charge in [0.15, 0.2) is 0 Å². The number of hydrogen-bond donors (Lipinski definition) is 2. The van der Waals surface area contributed by atoms with Gasteiger partial charge in [-0.05, 0) is 74.4 Å². The summed E-state index contributed by atoms with van der Waals surface area (Å²) in [5.41, 5.74) is 1.40. The molecule has 2 N–H and O–H groups in total. The van der Waals surface area contributed by atoms with Crippen LogP contribution in [0.1, 0.15) is 36.8 Å². The smallest absolute Gasteiger partial charge is 0.416 e. The highest BCUT2D eigenvalue weighted by molar-refractivity contribution is 5.70. The molecule has 0 aromatic carbocycles. The molecule has 0 amide bonds. The molecule has 184 valence electrons. The van der Waals surface area contributed by atoms with Gasteiger partial charge < -0.3 is 15.2 Å². The molecule has 1 saturated carbocycles. The molecule has 0 aliphatic heterocycles. The van der Waals surface area contributed by atoms with Gasteiger partial charge in [-0.25, -0.2) is 15.0 Å². The van der Waals surface area contributed by atoms with Crippen LogP contribution >= 0.6 is 0 Å². The van der Waals surface area contributed by atoms with E-state index in [2.05, 4.69) is 20.3 Å². The van der Waals surface area contributed by atoms with Crippen LogP contribution in [0, 0.1) is 18.8 Å². The fourth-order valence-electron chi connectivity index (χ4n) is 4.08. The van der Waals surface area contributed by atoms with Crippen molar-refractivity contribution in [3.8, 4) is 17.1 Å². The van der Waals surface area contributed by atoms with Crippen LogP contribution in [0.4, 0.5) is 24.8 Å². The summed E-state index contributed by atoms with van der Waals surface area (Å²) < 4.78 is 44.8. The first-order valence-corrected chi connectivity index (χ1v) is 11.3. The molecule has 0 bridgehead atoms. The second-order valence-corrected chi connectivity index (χ2v) is 8.72. The highest BCUT2D eigenvalue weighted by atomic mass is 19.4. The molecule has 0 atom stereocenters. The summed E-state index contributed by atoms with van der Waals surface area (Å²) in [4.78, 5) is 23.9. The Morgan fingerprint density at radius 1 is 1.09 bits per heavy atom. The second kappa shape index (κ2) is 10.3. The Morgan fingerprint density at radius 3 is 2.51 bits per heavy atom. The SMILES string of the molecule is Cc1cc(Nc2cc(C(F)(F)F)ccn2)nc(-c2ccc(OCC3CCC(C(=O)O)CC3)nc2)c1. The Bertz CT molecular complexity index is 1180. The number of aliphatic carboxylic acids is 1. The van der Waals surface area contributed by atoms with E-state index in [4.69, 9.17) is 9.84 Å². The van der Waals surface area contributed by atoms with Gasteiger partial charge in [-0.3, -0.25) is 4.79 Å². The number of carbonyl (C=O) groups is 1. The molecule has 0 unspecified atom stereocenters. The van der Waals surface area contributed by atoms with E-state index in [0.29, 0.717) is 42.8 Å². The number of carboxylic acid groups (broad SMARTS) is 1. The minimum atomic E-state index is -4.46. The fraction of sp³-hybridized carbons (Fsp3) is 0.360. The van der Waals surface area contributed by atoms with Gasteiger partial charge in [0.25, 0.3) is 0 Å². The van der Waals surface area contributed by atoms with Gasteiger partial charge in [-0.2, -0.15) is 13.2 Å². The molecule has 1 aliphatic carbocycles. The van der Waals surface area contributed by atoms with Crippen LogP contribution in [0.3, 0.4) is 0 Å². The number of aromatic nitrogens is 3. The summed E-state index contributed by atoms with van der Waals surface area (Å²) >= 11 is 0. The summed E-state index contributed by atoms with van der Waals surface area (Å²) in [5, 5.41) is 11.9. The van der Waals surface area contributed by atoms with Gasteiger partial charge in [-0.15, -0.1) is 0 Å². The van der Waals surface area contributed by atoms with Crippen molar-refractivity contribution < 1.29 is 27.8 Å². The quantitative estimate of drug-likeness (QED) is 0.430. The highest BCUT2D eigenvalue weighted by Gasteiger charge is 2.30. The van der Waals surface area contributed by atoms with Crippen LogP contribution in [0.2, 0.25) is 0 Å². The average molecular weight is 486 g/mol. The summed E-state index contributed by atoms with van der Waals surface area (Å²) in [6, 6.07) is 8.97. The average Bonchev–Trinajstić information content (AvgIpc) is 2.82. The lowest BCUT2D eigenvalue weighted by Gasteiger charge is -2.25. The van der Waals surface area contributed by atoms with Crippen LogP contribution in [-0.4, -0.2) is 32.6 Å². The number of ether oxygens (including phenoxy) is 1. The fourth-order valence-corrected chi connectivity index (χ4v) is 4.08. The van der Waals surface area contributed by atoms with Crippen molar-refractivity contribution in [2.75, 3.05) is 11.9 Å². The van der Waals surface area contributed by atoms with Crippen LogP contribution < -0.4 is 10.1 Å². The van der Waals surface area contributed by atoms with Gasteiger partial charge in [0, 0.05) is 24.0 Å². The number of hydrogen-bond acceptors (Lipinski definition) is 6. The largest absolute Gasteiger partial charge is 0.481 e. The Kier molecular flexibility index (Phi) is 7.18. The molecule has 4 rings (SSSR count). The van der Waals surface area contributed by atoms with Crippen molar-refractivity contribution in [1.82, 2.24) is 15.0 Å². The maximum atomic E-state index is 13.0. The lowest BCUT2D eigenvalue weighted by molar-refractivity contribution is -0.143. The van der Waals surface area contributed by atoms with E-state index in [1.54, 1.807) is 18.3 Å². The van der Waals surface area contributed by atoms with Crippen LogP contribution in [0.5, 0.6) is 5.88 Å². The number of nitrogens with zero attached hydrogens (tertiary/aromatic N) is 3. The second-order valence-electron chi connectivity index (χ2n) is 8.72. The predicted octanol–water partition coefficient (Wildman–Crippen LogP) is 5.88. The zero-order valence-corrected chi connectivity index (χ0v) is 19.0. The first-order chi connectivity index (χ1) is 16.7. The van der Waals surface area contributed by atoms with E-state index in [0.717, 1.165) is 42.3 Å². The topological polar surface area (TPSA) is 97.2 Å². The van der Waals surface area contributed by atoms with Crippen molar-refractivity contribution in [3.63, 3.8) is 0 Å². The number of carboxylic acids is 1. The molecule has 0 radical (unpaired) electrons. The van der Waals surface area contributed by atoms with Crippen LogP contribution in [-0.2, 0) is 11.0 Å². The summed E-state index contributed by atoms with van der Waals surface area (Å²) in [5.74, 6) is 0.203. The van der Waals surface area contributed by atoms with E-state index in [9.17, 15) is 18.0 Å². The third-order valence-corrected chi connectivity index (χ3v) is 6.01. The molecule has 0 spiro atoms. The zero-order chi connectivity index (χ0) is 25.0. The van der Waals surface area contributed by atoms with Gasteiger partial charge >= 0.3 is 12.1 Å². The molecule has 0 saturated heterocycles. The molecule has 3 aromatic heterocycles. The van der Waals surface area contributed by atoms with E-state index in [-0.39, 0.29) is 11.7 Å². The molecule has 10 heteroatoms. The van der Waals surface area contributed by atoms with Crippen molar-refractivity contribution in [2.24, 2.45) is 11.8 Å². The summed E-state index contributed by atoms with van der Waals surface area (Å²) in [6.07, 6.45) is 1.24. The maximum Gasteiger partial charge on any atom is 0.416 e. The number of alkyl halides is 3. The Hall–Kier alpha value is -3.69. The normalized spacial score (nSPS) is 18.2. The molecule has 3 heterocycles. The first kappa shape index (κ1) is 24.4. The van der Waals surface area contributed by atoms with Crippen molar-refractivity contribution in [3.05, 3.63) is 59.9 Å². The van der Waals surface area contributed by atoms with E-state index < -0.39 is 17.7 Å². The molecular weight excluding hydrogens is 461 g/mol. The monoisotopic (exact) mass is 486 g/mol. The Morgan fingerprint density at radius 2 is 1.86 bits per heavy atom. The van der Waals surface area contributed by atoms with Crippen molar-refractivity contribution in [1.29, 1.82) is 0 Å². The number of halogens is 3. The van der Waals surface area contributed by atoms with Crippen molar-refractivity contribution >= 4 is 17.6 Å². The molecule has 1 aliphatic rings. The third kappa shape index (κ3) is 6.46. The zero-order valence-electron chi connectivity index (χ0n) is 19.0. The highest BCUT2D eigenvalue weighted by Crippen LogP contribution is 2.31.